The van der Waals surface area contributed by atoms with E-state index in [0.717, 1.165) is 11.1 Å². The van der Waals surface area contributed by atoms with Crippen molar-refractivity contribution in [3.63, 3.8) is 0 Å². The number of carbonyl (C=O) groups is 2. The third-order valence-electron chi connectivity index (χ3n) is 6.28. The maximum Gasteiger partial charge on any atom is 0.306 e. The monoisotopic (exact) mass is 525 g/mol. The highest BCUT2D eigenvalue weighted by Crippen LogP contribution is 2.44. The van der Waals surface area contributed by atoms with E-state index < -0.39 is 30.5 Å². The zero-order valence-corrected chi connectivity index (χ0v) is 21.7. The number of nitrogens with zero attached hydrogens (tertiary/aromatic N) is 1. The van der Waals surface area contributed by atoms with Crippen LogP contribution in [0, 0.1) is 6.92 Å². The van der Waals surface area contributed by atoms with Crippen LogP contribution in [0.4, 0.5) is 5.69 Å². The molecule has 8 nitrogen and oxygen atoms in total. The molecule has 37 heavy (non-hydrogen) atoms. The van der Waals surface area contributed by atoms with Gasteiger partial charge in [0.2, 0.25) is 0 Å². The van der Waals surface area contributed by atoms with Gasteiger partial charge >= 0.3 is 5.97 Å². The zero-order chi connectivity index (χ0) is 26.7. The van der Waals surface area contributed by atoms with Crippen molar-refractivity contribution in [1.29, 1.82) is 0 Å². The Morgan fingerprint density at radius 1 is 1.00 bits per heavy atom. The number of halogens is 1. The van der Waals surface area contributed by atoms with E-state index in [0.29, 0.717) is 39.1 Å². The molecule has 0 radical (unpaired) electrons. The van der Waals surface area contributed by atoms with Crippen LogP contribution in [-0.2, 0) is 20.9 Å². The number of hydrogen-bond acceptors (Lipinski definition) is 6. The Balaban J connectivity index is 1.90. The number of fused-ring (bicyclic) bond motifs is 1. The van der Waals surface area contributed by atoms with E-state index in [9.17, 15) is 14.7 Å². The maximum absolute atomic E-state index is 13.9. The van der Waals surface area contributed by atoms with Crippen molar-refractivity contribution in [3.05, 3.63) is 81.9 Å². The van der Waals surface area contributed by atoms with E-state index in [2.05, 4.69) is 0 Å². The van der Waals surface area contributed by atoms with Gasteiger partial charge in [-0.25, -0.2) is 0 Å². The molecule has 4 rings (SSSR count). The molecular formula is C28H28ClNO7. The van der Waals surface area contributed by atoms with Gasteiger partial charge in [-0.3, -0.25) is 9.59 Å². The fourth-order valence-corrected chi connectivity index (χ4v) is 4.76. The summed E-state index contributed by atoms with van der Waals surface area (Å²) < 4.78 is 22.5. The van der Waals surface area contributed by atoms with Crippen LogP contribution in [0.25, 0.3) is 0 Å². The van der Waals surface area contributed by atoms with Gasteiger partial charge in [-0.15, -0.1) is 0 Å². The Morgan fingerprint density at radius 3 is 2.43 bits per heavy atom. The van der Waals surface area contributed by atoms with Crippen LogP contribution in [0.5, 0.6) is 17.2 Å². The first-order valence-electron chi connectivity index (χ1n) is 11.6. The normalized spacial score (nSPS) is 17.1. The van der Waals surface area contributed by atoms with Crippen molar-refractivity contribution in [2.24, 2.45) is 0 Å². The Bertz CT molecular complexity index is 1330. The number of hydrogen-bond donors (Lipinski definition) is 1. The SMILES string of the molecule is COc1ccc(CN2C(=O)[C@@H](CC(=O)O)O[C@H](c3cccc(OC)c3Cl)c3cc(C)ccc32)c(OC)c1. The fraction of sp³-hybridized carbons (Fsp3) is 0.286. The molecule has 3 aromatic rings. The molecule has 1 heterocycles. The van der Waals surface area contributed by atoms with E-state index in [1.54, 1.807) is 42.3 Å². The smallest absolute Gasteiger partial charge is 0.306 e. The van der Waals surface area contributed by atoms with Gasteiger partial charge in [0.05, 0.1) is 45.0 Å². The first-order chi connectivity index (χ1) is 17.8. The lowest BCUT2D eigenvalue weighted by molar-refractivity contribution is -0.147. The van der Waals surface area contributed by atoms with Gasteiger partial charge in [-0.05, 0) is 31.2 Å². The van der Waals surface area contributed by atoms with Crippen molar-refractivity contribution < 1.29 is 33.6 Å². The number of aryl methyl sites for hydroxylation is 1. The number of benzene rings is 3. The summed E-state index contributed by atoms with van der Waals surface area (Å²) in [5, 5.41) is 9.94. The van der Waals surface area contributed by atoms with Crippen molar-refractivity contribution in [2.45, 2.75) is 32.1 Å². The summed E-state index contributed by atoms with van der Waals surface area (Å²) in [6.45, 7) is 2.06. The average molecular weight is 526 g/mol. The van der Waals surface area contributed by atoms with E-state index in [-0.39, 0.29) is 6.54 Å². The van der Waals surface area contributed by atoms with E-state index >= 15 is 0 Å². The lowest BCUT2D eigenvalue weighted by atomic mass is 9.97. The number of amides is 1. The van der Waals surface area contributed by atoms with Crippen LogP contribution >= 0.6 is 11.6 Å². The minimum Gasteiger partial charge on any atom is -0.497 e. The van der Waals surface area contributed by atoms with Crippen LogP contribution in [-0.4, -0.2) is 44.4 Å². The number of carbonyl (C=O) groups excluding carboxylic acids is 1. The number of carboxylic acid groups (broad SMARTS) is 1. The van der Waals surface area contributed by atoms with Crippen molar-refractivity contribution in [2.75, 3.05) is 26.2 Å². The van der Waals surface area contributed by atoms with Crippen LogP contribution < -0.4 is 19.1 Å². The van der Waals surface area contributed by atoms with Gasteiger partial charge < -0.3 is 29.0 Å². The van der Waals surface area contributed by atoms with Gasteiger partial charge in [-0.1, -0.05) is 41.4 Å². The summed E-state index contributed by atoms with van der Waals surface area (Å²) in [6, 6.07) is 16.3. The predicted octanol–water partition coefficient (Wildman–Crippen LogP) is 5.17. The zero-order valence-electron chi connectivity index (χ0n) is 21.0. The topological polar surface area (TPSA) is 94.5 Å². The first kappa shape index (κ1) is 26.3. The molecule has 0 unspecified atom stereocenters. The number of anilines is 1. The highest BCUT2D eigenvalue weighted by molar-refractivity contribution is 6.33. The summed E-state index contributed by atoms with van der Waals surface area (Å²) in [5.41, 5.74) is 3.50. The highest BCUT2D eigenvalue weighted by Gasteiger charge is 2.39. The number of rotatable bonds is 8. The van der Waals surface area contributed by atoms with Crippen molar-refractivity contribution >= 4 is 29.2 Å². The molecule has 1 aliphatic heterocycles. The van der Waals surface area contributed by atoms with Crippen LogP contribution in [0.1, 0.15) is 34.8 Å². The number of methoxy groups -OCH3 is 3. The molecule has 0 saturated carbocycles. The molecule has 194 valence electrons. The second-order valence-corrected chi connectivity index (χ2v) is 9.01. The lowest BCUT2D eigenvalue weighted by Crippen LogP contribution is -2.40. The van der Waals surface area contributed by atoms with Crippen LogP contribution in [0.2, 0.25) is 5.02 Å². The van der Waals surface area contributed by atoms with Gasteiger partial charge in [0.15, 0.2) is 0 Å². The largest absolute Gasteiger partial charge is 0.497 e. The summed E-state index contributed by atoms with van der Waals surface area (Å²) >= 11 is 6.68. The molecule has 0 fully saturated rings. The second kappa shape index (κ2) is 11.1. The van der Waals surface area contributed by atoms with Gasteiger partial charge in [0, 0.05) is 22.8 Å². The third kappa shape index (κ3) is 5.35. The average Bonchev–Trinajstić information content (AvgIpc) is 2.99. The Hall–Kier alpha value is -3.75. The highest BCUT2D eigenvalue weighted by atomic mass is 35.5. The first-order valence-corrected chi connectivity index (χ1v) is 12.0. The van der Waals surface area contributed by atoms with Crippen molar-refractivity contribution in [1.82, 2.24) is 0 Å². The van der Waals surface area contributed by atoms with E-state index in [1.165, 1.54) is 14.2 Å². The molecule has 0 bridgehead atoms. The van der Waals surface area contributed by atoms with Crippen LogP contribution in [0.15, 0.2) is 54.6 Å². The Morgan fingerprint density at radius 2 is 1.76 bits per heavy atom. The standard InChI is InChI=1S/C28H28ClNO7/c1-16-8-11-21-20(12-16)27(19-6-5-7-22(35-3)26(19)29)37-24(14-25(31)32)28(33)30(21)15-17-9-10-18(34-2)13-23(17)36-4/h5-13,24,27H,14-15H2,1-4H3,(H,31,32)/t24-,27-/m1/s1. The maximum atomic E-state index is 13.9. The molecule has 1 aliphatic rings. The van der Waals surface area contributed by atoms with Gasteiger partial charge in [-0.2, -0.15) is 0 Å². The molecule has 2 atom stereocenters. The minimum atomic E-state index is -1.26. The summed E-state index contributed by atoms with van der Waals surface area (Å²) in [7, 11) is 4.61. The molecular weight excluding hydrogens is 498 g/mol. The van der Waals surface area contributed by atoms with Crippen molar-refractivity contribution in [3.8, 4) is 17.2 Å². The Kier molecular flexibility index (Phi) is 7.90. The molecule has 0 aromatic heterocycles. The third-order valence-corrected chi connectivity index (χ3v) is 6.68. The molecule has 1 amide bonds. The second-order valence-electron chi connectivity index (χ2n) is 8.63. The van der Waals surface area contributed by atoms with Gasteiger partial charge in [0.1, 0.15) is 29.5 Å². The quantitative estimate of drug-likeness (QED) is 0.433. The summed E-state index contributed by atoms with van der Waals surface area (Å²) in [6.07, 6.45) is -2.59. The molecule has 3 aromatic carbocycles. The molecule has 0 saturated heterocycles. The number of aliphatic carboxylic acids is 1. The predicted molar refractivity (Wildman–Crippen MR) is 139 cm³/mol. The number of carboxylic acids is 1. The molecule has 1 N–H and O–H groups in total. The lowest BCUT2D eigenvalue weighted by Gasteiger charge is -2.26. The van der Waals surface area contributed by atoms with E-state index in [1.807, 2.05) is 31.2 Å². The molecule has 0 spiro atoms. The minimum absolute atomic E-state index is 0.125. The van der Waals surface area contributed by atoms with Crippen LogP contribution in [0.3, 0.4) is 0 Å². The van der Waals surface area contributed by atoms with Gasteiger partial charge in [0.25, 0.3) is 5.91 Å². The van der Waals surface area contributed by atoms with E-state index in [4.69, 9.17) is 30.5 Å². The summed E-state index contributed by atoms with van der Waals surface area (Å²) in [5.74, 6) is -0.0428. The molecule has 9 heteroatoms. The summed E-state index contributed by atoms with van der Waals surface area (Å²) in [4.78, 5) is 27.2. The molecule has 0 aliphatic carbocycles. The fourth-order valence-electron chi connectivity index (χ4n) is 4.46. The number of ether oxygens (including phenoxy) is 4. The Labute approximate surface area is 220 Å².